The molecule has 1 aliphatic heterocycles. The van der Waals surface area contributed by atoms with Crippen LogP contribution in [0.4, 0.5) is 0 Å². The number of aromatic amines is 1. The van der Waals surface area contributed by atoms with Crippen molar-refractivity contribution in [3.63, 3.8) is 0 Å². The van der Waals surface area contributed by atoms with E-state index in [4.69, 9.17) is 16.3 Å². The van der Waals surface area contributed by atoms with Crippen LogP contribution in [-0.2, 0) is 11.2 Å². The van der Waals surface area contributed by atoms with Crippen molar-refractivity contribution < 1.29 is 9.53 Å². The molecule has 3 rings (SSSR count). The number of ether oxygens (including phenoxy) is 1. The molecule has 1 aliphatic rings. The number of para-hydroxylation sites is 1. The highest BCUT2D eigenvalue weighted by Crippen LogP contribution is 2.26. The van der Waals surface area contributed by atoms with Crippen molar-refractivity contribution in [2.45, 2.75) is 38.7 Å². The van der Waals surface area contributed by atoms with Crippen molar-refractivity contribution in [1.82, 2.24) is 20.1 Å². The first-order valence-electron chi connectivity index (χ1n) is 8.18. The number of aryl methyl sites for hydroxylation is 2. The molecule has 1 saturated heterocycles. The smallest absolute Gasteiger partial charge is 0.223 e. The summed E-state index contributed by atoms with van der Waals surface area (Å²) in [6.07, 6.45) is 2.74. The van der Waals surface area contributed by atoms with E-state index in [0.717, 1.165) is 18.7 Å². The molecule has 0 spiro atoms. The monoisotopic (exact) mass is 348 g/mol. The fraction of sp³-hybridized carbons (Fsp3) is 0.471. The van der Waals surface area contributed by atoms with Gasteiger partial charge in [-0.3, -0.25) is 9.89 Å². The molecule has 1 amide bonds. The minimum absolute atomic E-state index is 0.101. The van der Waals surface area contributed by atoms with Crippen molar-refractivity contribution in [3.05, 3.63) is 40.9 Å². The van der Waals surface area contributed by atoms with E-state index in [9.17, 15) is 4.79 Å². The predicted molar refractivity (Wildman–Crippen MR) is 91.1 cm³/mol. The Morgan fingerprint density at radius 3 is 2.79 bits per heavy atom. The van der Waals surface area contributed by atoms with Crippen LogP contribution < -0.4 is 4.74 Å². The van der Waals surface area contributed by atoms with Crippen LogP contribution in [0, 0.1) is 6.92 Å². The second kappa shape index (κ2) is 7.66. The van der Waals surface area contributed by atoms with Crippen LogP contribution in [0.3, 0.4) is 0 Å². The number of nitrogens with zero attached hydrogens (tertiary/aromatic N) is 3. The van der Waals surface area contributed by atoms with Gasteiger partial charge >= 0.3 is 0 Å². The molecule has 1 aromatic carbocycles. The fourth-order valence-electron chi connectivity index (χ4n) is 2.82. The first-order valence-corrected chi connectivity index (χ1v) is 8.56. The molecule has 2 heterocycles. The second-order valence-electron chi connectivity index (χ2n) is 5.97. The first-order chi connectivity index (χ1) is 11.6. The fourth-order valence-corrected chi connectivity index (χ4v) is 3.00. The second-order valence-corrected chi connectivity index (χ2v) is 6.37. The van der Waals surface area contributed by atoms with E-state index in [-0.39, 0.29) is 12.0 Å². The van der Waals surface area contributed by atoms with E-state index >= 15 is 0 Å². The summed E-state index contributed by atoms with van der Waals surface area (Å²) in [5, 5.41) is 7.48. The van der Waals surface area contributed by atoms with Crippen LogP contribution in [0.25, 0.3) is 0 Å². The Hall–Kier alpha value is -2.08. The summed E-state index contributed by atoms with van der Waals surface area (Å²) in [5.41, 5.74) is 0. The third-order valence-electron chi connectivity index (χ3n) is 4.13. The zero-order valence-electron chi connectivity index (χ0n) is 13.7. The lowest BCUT2D eigenvalue weighted by molar-refractivity contribution is -0.132. The van der Waals surface area contributed by atoms with Gasteiger partial charge in [0.05, 0.1) is 5.02 Å². The maximum Gasteiger partial charge on any atom is 0.223 e. The van der Waals surface area contributed by atoms with Gasteiger partial charge in [0.25, 0.3) is 0 Å². The number of hydrogen-bond acceptors (Lipinski definition) is 4. The van der Waals surface area contributed by atoms with Crippen molar-refractivity contribution in [1.29, 1.82) is 0 Å². The molecule has 1 N–H and O–H groups in total. The van der Waals surface area contributed by atoms with E-state index in [1.165, 1.54) is 0 Å². The molecule has 0 aliphatic carbocycles. The molecule has 7 heteroatoms. The molecular formula is C17H21ClN4O2. The molecular weight excluding hydrogens is 328 g/mol. The number of rotatable bonds is 5. The Morgan fingerprint density at radius 1 is 1.38 bits per heavy atom. The summed E-state index contributed by atoms with van der Waals surface area (Å²) in [7, 11) is 0. The molecule has 2 aromatic rings. The van der Waals surface area contributed by atoms with E-state index < -0.39 is 0 Å². The summed E-state index contributed by atoms with van der Waals surface area (Å²) in [6.45, 7) is 3.27. The number of aromatic nitrogens is 3. The highest BCUT2D eigenvalue weighted by atomic mass is 35.5. The molecule has 0 saturated carbocycles. The SMILES string of the molecule is Cc1nc(CCC(=O)N2CCC(Oc3ccccc3Cl)CC2)n[nH]1. The van der Waals surface area contributed by atoms with Gasteiger partial charge in [-0.15, -0.1) is 0 Å². The Balaban J connectivity index is 1.44. The van der Waals surface area contributed by atoms with Crippen LogP contribution in [0.15, 0.2) is 24.3 Å². The molecule has 0 bridgehead atoms. The minimum Gasteiger partial charge on any atom is -0.489 e. The van der Waals surface area contributed by atoms with Crippen LogP contribution in [0.5, 0.6) is 5.75 Å². The Morgan fingerprint density at radius 2 is 2.12 bits per heavy atom. The third-order valence-corrected chi connectivity index (χ3v) is 4.44. The Bertz CT molecular complexity index is 695. The standard InChI is InChI=1S/C17H21ClN4O2/c1-12-19-16(21-20-12)6-7-17(23)22-10-8-13(9-11-22)24-15-5-3-2-4-14(15)18/h2-5,13H,6-11H2,1H3,(H,19,20,21). The van der Waals surface area contributed by atoms with Gasteiger partial charge < -0.3 is 9.64 Å². The number of carbonyl (C=O) groups is 1. The molecule has 0 unspecified atom stereocenters. The number of nitrogens with one attached hydrogen (secondary N) is 1. The number of H-pyrrole nitrogens is 1. The molecule has 128 valence electrons. The first kappa shape index (κ1) is 16.8. The lowest BCUT2D eigenvalue weighted by atomic mass is 10.1. The van der Waals surface area contributed by atoms with Crippen molar-refractivity contribution in [2.24, 2.45) is 0 Å². The zero-order chi connectivity index (χ0) is 16.9. The molecule has 1 aromatic heterocycles. The van der Waals surface area contributed by atoms with Crippen LogP contribution in [-0.4, -0.2) is 45.2 Å². The average molecular weight is 349 g/mol. The normalized spacial score (nSPS) is 15.5. The van der Waals surface area contributed by atoms with Crippen molar-refractivity contribution in [3.8, 4) is 5.75 Å². The topological polar surface area (TPSA) is 71.1 Å². The van der Waals surface area contributed by atoms with E-state index in [1.54, 1.807) is 0 Å². The van der Waals surface area contributed by atoms with Crippen LogP contribution in [0.2, 0.25) is 5.02 Å². The van der Waals surface area contributed by atoms with Gasteiger partial charge in [-0.05, 0) is 19.1 Å². The zero-order valence-corrected chi connectivity index (χ0v) is 14.4. The largest absolute Gasteiger partial charge is 0.489 e. The van der Waals surface area contributed by atoms with Gasteiger partial charge in [-0.25, -0.2) is 4.98 Å². The number of likely N-dealkylation sites (tertiary alicyclic amines) is 1. The van der Waals surface area contributed by atoms with E-state index in [0.29, 0.717) is 42.5 Å². The van der Waals surface area contributed by atoms with Crippen molar-refractivity contribution >= 4 is 17.5 Å². The van der Waals surface area contributed by atoms with Gasteiger partial charge in [0, 0.05) is 38.8 Å². The molecule has 1 fully saturated rings. The maximum absolute atomic E-state index is 12.3. The van der Waals surface area contributed by atoms with Crippen LogP contribution in [0.1, 0.15) is 30.9 Å². The predicted octanol–water partition coefficient (Wildman–Crippen LogP) is 2.77. The highest BCUT2D eigenvalue weighted by molar-refractivity contribution is 6.32. The lowest BCUT2D eigenvalue weighted by Gasteiger charge is -2.32. The molecule has 0 radical (unpaired) electrons. The van der Waals surface area contributed by atoms with Gasteiger partial charge in [0.2, 0.25) is 5.91 Å². The van der Waals surface area contributed by atoms with Gasteiger partial charge in [0.1, 0.15) is 17.7 Å². The van der Waals surface area contributed by atoms with E-state index in [1.807, 2.05) is 36.1 Å². The number of piperidine rings is 1. The Kier molecular flexibility index (Phi) is 5.35. The number of amides is 1. The van der Waals surface area contributed by atoms with E-state index in [2.05, 4.69) is 15.2 Å². The number of benzene rings is 1. The van der Waals surface area contributed by atoms with Crippen molar-refractivity contribution in [2.75, 3.05) is 13.1 Å². The maximum atomic E-state index is 12.3. The quantitative estimate of drug-likeness (QED) is 0.901. The molecule has 0 atom stereocenters. The number of carbonyl (C=O) groups excluding carboxylic acids is 1. The van der Waals surface area contributed by atoms with Gasteiger partial charge in [0.15, 0.2) is 5.82 Å². The average Bonchev–Trinajstić information content (AvgIpc) is 3.01. The summed E-state index contributed by atoms with van der Waals surface area (Å²) >= 11 is 6.12. The number of hydrogen-bond donors (Lipinski definition) is 1. The summed E-state index contributed by atoms with van der Waals surface area (Å²) in [4.78, 5) is 18.4. The lowest BCUT2D eigenvalue weighted by Crippen LogP contribution is -2.41. The van der Waals surface area contributed by atoms with Gasteiger partial charge in [-0.2, -0.15) is 5.10 Å². The minimum atomic E-state index is 0.101. The Labute approximate surface area is 146 Å². The van der Waals surface area contributed by atoms with Crippen LogP contribution >= 0.6 is 11.6 Å². The van der Waals surface area contributed by atoms with Gasteiger partial charge in [-0.1, -0.05) is 23.7 Å². The summed E-state index contributed by atoms with van der Waals surface area (Å²) in [5.74, 6) is 2.32. The summed E-state index contributed by atoms with van der Waals surface area (Å²) in [6, 6.07) is 7.48. The summed E-state index contributed by atoms with van der Waals surface area (Å²) < 4.78 is 5.95. The number of halogens is 1. The molecule has 6 nitrogen and oxygen atoms in total. The third kappa shape index (κ3) is 4.26. The highest BCUT2D eigenvalue weighted by Gasteiger charge is 2.24. The molecule has 24 heavy (non-hydrogen) atoms.